The van der Waals surface area contributed by atoms with Crippen LogP contribution in [0.15, 0.2) is 36.4 Å². The molecule has 6 heteroatoms. The summed E-state index contributed by atoms with van der Waals surface area (Å²) in [4.78, 5) is 23.3. The van der Waals surface area contributed by atoms with E-state index in [0.29, 0.717) is 17.9 Å². The molecule has 1 N–H and O–H groups in total. The minimum atomic E-state index is -0.653. The number of carbonyl (C=O) groups excluding carboxylic acids is 2. The normalized spacial score (nSPS) is 11.1. The number of amides is 1. The molecule has 2 rings (SSSR count). The molecule has 0 aliphatic rings. The Kier molecular flexibility index (Phi) is 5.15. The number of fused-ring (bicyclic) bond motifs is 1. The number of nitrogens with one attached hydrogen (secondary N) is 1. The molecule has 0 atom stereocenters. The molecule has 0 spiro atoms. The van der Waals surface area contributed by atoms with Crippen LogP contribution in [0, 0.1) is 5.41 Å². The van der Waals surface area contributed by atoms with Gasteiger partial charge in [-0.3, -0.25) is 10.1 Å². The van der Waals surface area contributed by atoms with E-state index in [1.807, 2.05) is 32.9 Å². The molecule has 2 aromatic carbocycles. The van der Waals surface area contributed by atoms with Crippen molar-refractivity contribution in [3.05, 3.63) is 36.4 Å². The Morgan fingerprint density at radius 3 is 2.43 bits per heavy atom. The van der Waals surface area contributed by atoms with Gasteiger partial charge in [0, 0.05) is 18.6 Å². The number of rotatable bonds is 4. The van der Waals surface area contributed by atoms with Crippen LogP contribution in [0.3, 0.4) is 0 Å². The van der Waals surface area contributed by atoms with Crippen LogP contribution in [0.25, 0.3) is 10.8 Å². The molecule has 0 heterocycles. The van der Waals surface area contributed by atoms with E-state index in [4.69, 9.17) is 4.74 Å². The zero-order valence-corrected chi connectivity index (χ0v) is 14.1. The summed E-state index contributed by atoms with van der Waals surface area (Å²) in [5.74, 6) is 0.244. The number of carbonyl (C=O) groups is 2. The third kappa shape index (κ3) is 4.16. The van der Waals surface area contributed by atoms with Gasteiger partial charge in [-0.15, -0.1) is 0 Å². The Balaban J connectivity index is 2.21. The highest BCUT2D eigenvalue weighted by molar-refractivity contribution is 7.75. The summed E-state index contributed by atoms with van der Waals surface area (Å²) in [5, 5.41) is 4.33. The summed E-state index contributed by atoms with van der Waals surface area (Å²) in [6.07, 6.45) is 0.0513. The van der Waals surface area contributed by atoms with E-state index in [-0.39, 0.29) is 5.97 Å². The van der Waals surface area contributed by atoms with Gasteiger partial charge in [0.05, 0.1) is 5.41 Å². The number of benzene rings is 2. The summed E-state index contributed by atoms with van der Waals surface area (Å²) in [6.45, 7) is 5.66. The molecule has 0 aromatic heterocycles. The fourth-order valence-corrected chi connectivity index (χ4v) is 1.94. The molecular weight excluding hydrogens is 314 g/mol. The average Bonchev–Trinajstić information content (AvgIpc) is 2.54. The minimum absolute atomic E-state index is 0.255. The SMILES string of the molecule is CCC(C)(C)C(=O)Oc1ccc2cc(NC(=O)OS)ccc2c1. The van der Waals surface area contributed by atoms with Crippen LogP contribution in [0.2, 0.25) is 0 Å². The fraction of sp³-hybridized carbons (Fsp3) is 0.294. The number of ether oxygens (including phenoxy) is 1. The summed E-state index contributed by atoms with van der Waals surface area (Å²) in [7, 11) is 0. The maximum Gasteiger partial charge on any atom is 0.423 e. The minimum Gasteiger partial charge on any atom is -0.426 e. The summed E-state index contributed by atoms with van der Waals surface area (Å²) in [5.41, 5.74) is 0.0732. The maximum atomic E-state index is 12.1. The van der Waals surface area contributed by atoms with Gasteiger partial charge >= 0.3 is 12.1 Å². The lowest BCUT2D eigenvalue weighted by Crippen LogP contribution is -2.28. The van der Waals surface area contributed by atoms with Crippen LogP contribution in [0.4, 0.5) is 10.5 Å². The first-order valence-electron chi connectivity index (χ1n) is 7.24. The maximum absolute atomic E-state index is 12.1. The fourth-order valence-electron chi connectivity index (χ4n) is 1.90. The van der Waals surface area contributed by atoms with Gasteiger partial charge in [0.25, 0.3) is 0 Å². The van der Waals surface area contributed by atoms with Crippen molar-refractivity contribution in [2.24, 2.45) is 5.41 Å². The molecule has 0 aliphatic heterocycles. The standard InChI is InChI=1S/C17H19NO4S/c1-4-17(2,3)15(19)21-14-8-6-11-9-13(18-16(20)22-23)7-5-12(11)10-14/h5-10,23H,4H2,1-3H3,(H,18,20). The molecule has 0 saturated carbocycles. The van der Waals surface area contributed by atoms with Crippen molar-refractivity contribution >= 4 is 41.4 Å². The molecule has 0 saturated heterocycles. The first-order valence-corrected chi connectivity index (χ1v) is 7.61. The van der Waals surface area contributed by atoms with Gasteiger partial charge < -0.3 is 8.92 Å². The second-order valence-electron chi connectivity index (χ2n) is 5.85. The Labute approximate surface area is 140 Å². The molecule has 0 fully saturated rings. The second-order valence-corrected chi connectivity index (χ2v) is 6.04. The van der Waals surface area contributed by atoms with Crippen molar-refractivity contribution < 1.29 is 18.5 Å². The molecule has 0 unspecified atom stereocenters. The molecule has 5 nitrogen and oxygen atoms in total. The van der Waals surface area contributed by atoms with Crippen LogP contribution in [0.1, 0.15) is 27.2 Å². The molecule has 0 radical (unpaired) electrons. The highest BCUT2D eigenvalue weighted by Gasteiger charge is 2.27. The van der Waals surface area contributed by atoms with Crippen LogP contribution < -0.4 is 10.1 Å². The smallest absolute Gasteiger partial charge is 0.423 e. The monoisotopic (exact) mass is 333 g/mol. The van der Waals surface area contributed by atoms with Crippen LogP contribution >= 0.6 is 12.9 Å². The van der Waals surface area contributed by atoms with Gasteiger partial charge in [-0.25, -0.2) is 4.79 Å². The Morgan fingerprint density at radius 1 is 1.13 bits per heavy atom. The Bertz CT molecular complexity index is 742. The van der Waals surface area contributed by atoms with Crippen molar-refractivity contribution in [1.82, 2.24) is 0 Å². The Morgan fingerprint density at radius 2 is 1.78 bits per heavy atom. The van der Waals surface area contributed by atoms with Gasteiger partial charge in [0.2, 0.25) is 0 Å². The summed E-state index contributed by atoms with van der Waals surface area (Å²) in [6, 6.07) is 10.7. The van der Waals surface area contributed by atoms with Crippen molar-refractivity contribution in [1.29, 1.82) is 0 Å². The number of anilines is 1. The quantitative estimate of drug-likeness (QED) is 0.372. The molecule has 2 aromatic rings. The lowest BCUT2D eigenvalue weighted by molar-refractivity contribution is -0.144. The Hall–Kier alpha value is -2.21. The van der Waals surface area contributed by atoms with E-state index in [9.17, 15) is 9.59 Å². The van der Waals surface area contributed by atoms with E-state index in [2.05, 4.69) is 22.4 Å². The molecule has 1 amide bonds. The van der Waals surface area contributed by atoms with Crippen LogP contribution in [-0.4, -0.2) is 12.1 Å². The number of hydrogen-bond donors (Lipinski definition) is 2. The van der Waals surface area contributed by atoms with Crippen molar-refractivity contribution in [2.75, 3.05) is 5.32 Å². The van der Waals surface area contributed by atoms with E-state index in [1.54, 1.807) is 24.3 Å². The highest BCUT2D eigenvalue weighted by Crippen LogP contribution is 2.27. The van der Waals surface area contributed by atoms with E-state index in [1.165, 1.54) is 0 Å². The topological polar surface area (TPSA) is 64.6 Å². The summed E-state index contributed by atoms with van der Waals surface area (Å²) < 4.78 is 9.71. The van der Waals surface area contributed by atoms with Gasteiger partial charge in [-0.05, 0) is 55.3 Å². The van der Waals surface area contributed by atoms with E-state index in [0.717, 1.165) is 10.8 Å². The van der Waals surface area contributed by atoms with Crippen LogP contribution in [-0.2, 0) is 8.98 Å². The van der Waals surface area contributed by atoms with Crippen molar-refractivity contribution in [3.8, 4) is 5.75 Å². The number of hydrogen-bond acceptors (Lipinski definition) is 5. The molecule has 122 valence electrons. The molecule has 0 aliphatic carbocycles. The largest absolute Gasteiger partial charge is 0.426 e. The molecular formula is C17H19NO4S. The zero-order chi connectivity index (χ0) is 17.0. The third-order valence-electron chi connectivity index (χ3n) is 3.79. The lowest BCUT2D eigenvalue weighted by atomic mass is 9.91. The first kappa shape index (κ1) is 17.1. The number of esters is 1. The molecule has 23 heavy (non-hydrogen) atoms. The predicted molar refractivity (Wildman–Crippen MR) is 92.7 cm³/mol. The highest BCUT2D eigenvalue weighted by atomic mass is 32.1. The second kappa shape index (κ2) is 6.91. The lowest BCUT2D eigenvalue weighted by Gasteiger charge is -2.20. The number of thiol groups is 1. The van der Waals surface area contributed by atoms with Gasteiger partial charge in [-0.2, -0.15) is 0 Å². The van der Waals surface area contributed by atoms with Crippen molar-refractivity contribution in [3.63, 3.8) is 0 Å². The predicted octanol–water partition coefficient (Wildman–Crippen LogP) is 4.57. The zero-order valence-electron chi connectivity index (χ0n) is 13.3. The van der Waals surface area contributed by atoms with Gasteiger partial charge in [0.15, 0.2) is 0 Å². The van der Waals surface area contributed by atoms with E-state index >= 15 is 0 Å². The molecule has 0 bridgehead atoms. The average molecular weight is 333 g/mol. The van der Waals surface area contributed by atoms with Gasteiger partial charge in [-0.1, -0.05) is 19.1 Å². The van der Waals surface area contributed by atoms with Gasteiger partial charge in [0.1, 0.15) is 5.75 Å². The first-order chi connectivity index (χ1) is 10.9. The van der Waals surface area contributed by atoms with Crippen molar-refractivity contribution in [2.45, 2.75) is 27.2 Å². The third-order valence-corrected chi connectivity index (χ3v) is 3.95. The van der Waals surface area contributed by atoms with Crippen LogP contribution in [0.5, 0.6) is 5.75 Å². The summed E-state index contributed by atoms with van der Waals surface area (Å²) >= 11 is 3.44. The van der Waals surface area contributed by atoms with E-state index < -0.39 is 11.5 Å².